The Kier molecular flexibility index (Phi) is 6.81. The number of rotatable bonds is 8. The number of ether oxygens (including phenoxy) is 1. The molecule has 0 atom stereocenters. The van der Waals surface area contributed by atoms with Crippen LogP contribution in [0.1, 0.15) is 30.6 Å². The van der Waals surface area contributed by atoms with Crippen molar-refractivity contribution in [3.8, 4) is 0 Å². The van der Waals surface area contributed by atoms with E-state index in [4.69, 9.17) is 0 Å². The summed E-state index contributed by atoms with van der Waals surface area (Å²) in [5.74, 6) is 0.105. The predicted octanol–water partition coefficient (Wildman–Crippen LogP) is 1.41. The maximum Gasteiger partial charge on any atom is 0.343 e. The SMILES string of the molecule is CCN(CC)CCCNc1ncncc1C(=O)OC. The summed E-state index contributed by atoms with van der Waals surface area (Å²) in [6, 6.07) is 0. The van der Waals surface area contributed by atoms with Gasteiger partial charge in [-0.3, -0.25) is 0 Å². The van der Waals surface area contributed by atoms with Gasteiger partial charge >= 0.3 is 5.97 Å². The zero-order chi connectivity index (χ0) is 14.1. The first-order valence-electron chi connectivity index (χ1n) is 6.57. The highest BCUT2D eigenvalue weighted by Crippen LogP contribution is 2.11. The second kappa shape index (κ2) is 8.42. The third-order valence-corrected chi connectivity index (χ3v) is 2.96. The molecule has 0 aromatic carbocycles. The van der Waals surface area contributed by atoms with Crippen LogP contribution in [0.5, 0.6) is 0 Å². The van der Waals surface area contributed by atoms with E-state index in [1.54, 1.807) is 0 Å². The van der Waals surface area contributed by atoms with Gasteiger partial charge in [0, 0.05) is 12.7 Å². The molecule has 0 aliphatic rings. The first-order valence-corrected chi connectivity index (χ1v) is 6.57. The summed E-state index contributed by atoms with van der Waals surface area (Å²) in [4.78, 5) is 21.8. The molecule has 1 aromatic heterocycles. The van der Waals surface area contributed by atoms with E-state index in [0.29, 0.717) is 11.4 Å². The average Bonchev–Trinajstić information content (AvgIpc) is 2.47. The second-order valence-electron chi connectivity index (χ2n) is 4.08. The number of carbonyl (C=O) groups excluding carboxylic acids is 1. The zero-order valence-corrected chi connectivity index (χ0v) is 11.8. The number of anilines is 1. The third kappa shape index (κ3) is 4.82. The number of aromatic nitrogens is 2. The van der Waals surface area contributed by atoms with Gasteiger partial charge in [-0.25, -0.2) is 14.8 Å². The highest BCUT2D eigenvalue weighted by Gasteiger charge is 2.12. The highest BCUT2D eigenvalue weighted by atomic mass is 16.5. The van der Waals surface area contributed by atoms with Crippen LogP contribution in [-0.2, 0) is 4.74 Å². The molecule has 19 heavy (non-hydrogen) atoms. The Bertz CT molecular complexity index is 394. The summed E-state index contributed by atoms with van der Waals surface area (Å²) >= 11 is 0. The quantitative estimate of drug-likeness (QED) is 0.567. The summed E-state index contributed by atoms with van der Waals surface area (Å²) in [5.41, 5.74) is 0.368. The van der Waals surface area contributed by atoms with Crippen molar-refractivity contribution >= 4 is 11.8 Å². The molecule has 0 bridgehead atoms. The van der Waals surface area contributed by atoms with Gasteiger partial charge in [0.2, 0.25) is 0 Å². The van der Waals surface area contributed by atoms with Gasteiger partial charge in [0.05, 0.1) is 7.11 Å². The van der Waals surface area contributed by atoms with Crippen molar-refractivity contribution < 1.29 is 9.53 Å². The number of hydrogen-bond donors (Lipinski definition) is 1. The Morgan fingerprint density at radius 1 is 1.42 bits per heavy atom. The van der Waals surface area contributed by atoms with E-state index < -0.39 is 5.97 Å². The van der Waals surface area contributed by atoms with Crippen LogP contribution < -0.4 is 5.32 Å². The molecule has 6 nitrogen and oxygen atoms in total. The number of nitrogens with zero attached hydrogens (tertiary/aromatic N) is 3. The van der Waals surface area contributed by atoms with E-state index in [0.717, 1.165) is 32.6 Å². The average molecular weight is 266 g/mol. The van der Waals surface area contributed by atoms with Crippen LogP contribution in [-0.4, -0.2) is 54.1 Å². The fourth-order valence-corrected chi connectivity index (χ4v) is 1.78. The molecule has 1 heterocycles. The van der Waals surface area contributed by atoms with E-state index >= 15 is 0 Å². The normalized spacial score (nSPS) is 10.5. The molecule has 0 unspecified atom stereocenters. The number of hydrogen-bond acceptors (Lipinski definition) is 6. The van der Waals surface area contributed by atoms with Gasteiger partial charge in [0.25, 0.3) is 0 Å². The smallest absolute Gasteiger partial charge is 0.343 e. The molecule has 1 aromatic rings. The Morgan fingerprint density at radius 3 is 2.79 bits per heavy atom. The lowest BCUT2D eigenvalue weighted by Gasteiger charge is -2.18. The Hall–Kier alpha value is -1.69. The summed E-state index contributed by atoms with van der Waals surface area (Å²) in [5, 5.41) is 3.15. The standard InChI is InChI=1S/C13H22N4O2/c1-4-17(5-2)8-6-7-15-12-11(13(18)19-3)9-14-10-16-12/h9-10H,4-8H2,1-3H3,(H,14,15,16). The second-order valence-corrected chi connectivity index (χ2v) is 4.08. The lowest BCUT2D eigenvalue weighted by Crippen LogP contribution is -2.25. The molecule has 0 spiro atoms. The van der Waals surface area contributed by atoms with Crippen LogP contribution in [0.15, 0.2) is 12.5 Å². The van der Waals surface area contributed by atoms with Crippen molar-refractivity contribution in [3.63, 3.8) is 0 Å². The summed E-state index contributed by atoms with van der Waals surface area (Å²) < 4.78 is 4.69. The molecule has 6 heteroatoms. The van der Waals surface area contributed by atoms with Crippen LogP contribution in [0.25, 0.3) is 0 Å². The number of esters is 1. The van der Waals surface area contributed by atoms with E-state index in [1.165, 1.54) is 19.6 Å². The molecule has 0 aliphatic heterocycles. The van der Waals surface area contributed by atoms with Crippen molar-refractivity contribution in [3.05, 3.63) is 18.1 Å². The van der Waals surface area contributed by atoms with E-state index in [1.807, 2.05) is 0 Å². The van der Waals surface area contributed by atoms with Crippen LogP contribution in [0.4, 0.5) is 5.82 Å². The van der Waals surface area contributed by atoms with Crippen LogP contribution in [0, 0.1) is 0 Å². The summed E-state index contributed by atoms with van der Waals surface area (Å²) in [7, 11) is 1.35. The minimum absolute atomic E-state index is 0.368. The van der Waals surface area contributed by atoms with Gasteiger partial charge in [0.15, 0.2) is 0 Å². The van der Waals surface area contributed by atoms with Gasteiger partial charge in [-0.2, -0.15) is 0 Å². The first kappa shape index (κ1) is 15.4. The van der Waals surface area contributed by atoms with Crippen LogP contribution >= 0.6 is 0 Å². The highest BCUT2D eigenvalue weighted by molar-refractivity contribution is 5.94. The van der Waals surface area contributed by atoms with Crippen molar-refractivity contribution in [1.82, 2.24) is 14.9 Å². The van der Waals surface area contributed by atoms with Gasteiger partial charge in [-0.15, -0.1) is 0 Å². The lowest BCUT2D eigenvalue weighted by atomic mass is 10.3. The monoisotopic (exact) mass is 266 g/mol. The molecule has 0 fully saturated rings. The van der Waals surface area contributed by atoms with Crippen molar-refractivity contribution in [1.29, 1.82) is 0 Å². The minimum atomic E-state index is -0.424. The Labute approximate surface area is 114 Å². The van der Waals surface area contributed by atoms with Crippen molar-refractivity contribution in [2.24, 2.45) is 0 Å². The molecule has 1 rings (SSSR count). The largest absolute Gasteiger partial charge is 0.465 e. The third-order valence-electron chi connectivity index (χ3n) is 2.96. The predicted molar refractivity (Wildman–Crippen MR) is 74.3 cm³/mol. The molecule has 0 saturated carbocycles. The fourth-order valence-electron chi connectivity index (χ4n) is 1.78. The number of carbonyl (C=O) groups is 1. The van der Waals surface area contributed by atoms with E-state index in [2.05, 4.69) is 38.8 Å². The summed E-state index contributed by atoms with van der Waals surface area (Å²) in [6.07, 6.45) is 3.87. The van der Waals surface area contributed by atoms with Gasteiger partial charge < -0.3 is 15.0 Å². The maximum atomic E-state index is 11.5. The molecule has 1 N–H and O–H groups in total. The molecule has 0 amide bonds. The Morgan fingerprint density at radius 2 is 2.16 bits per heavy atom. The molecule has 0 aliphatic carbocycles. The Balaban J connectivity index is 2.47. The van der Waals surface area contributed by atoms with Gasteiger partial charge in [0.1, 0.15) is 17.7 Å². The number of nitrogens with one attached hydrogen (secondary N) is 1. The van der Waals surface area contributed by atoms with Crippen molar-refractivity contribution in [2.75, 3.05) is 38.6 Å². The van der Waals surface area contributed by atoms with Gasteiger partial charge in [-0.05, 0) is 26.1 Å². The summed E-state index contributed by atoms with van der Waals surface area (Å²) in [6.45, 7) is 8.19. The molecule has 0 radical (unpaired) electrons. The van der Waals surface area contributed by atoms with Crippen molar-refractivity contribution in [2.45, 2.75) is 20.3 Å². The molecular formula is C13H22N4O2. The molecular weight excluding hydrogens is 244 g/mol. The van der Waals surface area contributed by atoms with E-state index in [9.17, 15) is 4.79 Å². The van der Waals surface area contributed by atoms with Crippen LogP contribution in [0.3, 0.4) is 0 Å². The van der Waals surface area contributed by atoms with Gasteiger partial charge in [-0.1, -0.05) is 13.8 Å². The minimum Gasteiger partial charge on any atom is -0.465 e. The maximum absolute atomic E-state index is 11.5. The first-order chi connectivity index (χ1) is 9.22. The zero-order valence-electron chi connectivity index (χ0n) is 11.8. The molecule has 106 valence electrons. The van der Waals surface area contributed by atoms with Crippen LogP contribution in [0.2, 0.25) is 0 Å². The topological polar surface area (TPSA) is 67.3 Å². The van der Waals surface area contributed by atoms with E-state index in [-0.39, 0.29) is 0 Å². The number of methoxy groups -OCH3 is 1. The molecule has 0 saturated heterocycles. The fraction of sp³-hybridized carbons (Fsp3) is 0.615. The lowest BCUT2D eigenvalue weighted by molar-refractivity contribution is 0.0601.